The molecule has 0 bridgehead atoms. The SMILES string of the molecule is CCn1c(Cc2cccn2C)nnc1SCC(=O)NCc1ccccc1. The predicted molar refractivity (Wildman–Crippen MR) is 103 cm³/mol. The first-order valence-electron chi connectivity index (χ1n) is 8.63. The van der Waals surface area contributed by atoms with Crippen LogP contribution in [-0.4, -0.2) is 31.0 Å². The first-order chi connectivity index (χ1) is 12.7. The van der Waals surface area contributed by atoms with Crippen molar-refractivity contribution in [3.05, 3.63) is 65.7 Å². The summed E-state index contributed by atoms with van der Waals surface area (Å²) in [5.41, 5.74) is 2.27. The molecule has 0 aliphatic carbocycles. The fraction of sp³-hybridized carbons (Fsp3) is 0.316. The number of rotatable bonds is 8. The summed E-state index contributed by atoms with van der Waals surface area (Å²) in [6.45, 7) is 3.39. The van der Waals surface area contributed by atoms with E-state index in [0.717, 1.165) is 29.5 Å². The van der Waals surface area contributed by atoms with Gasteiger partial charge < -0.3 is 14.5 Å². The molecule has 2 heterocycles. The number of nitrogens with zero attached hydrogens (tertiary/aromatic N) is 4. The average Bonchev–Trinajstić information content (AvgIpc) is 3.25. The Morgan fingerprint density at radius 2 is 1.96 bits per heavy atom. The van der Waals surface area contributed by atoms with Gasteiger partial charge in [-0.1, -0.05) is 42.1 Å². The Hall–Kier alpha value is -2.54. The Labute approximate surface area is 157 Å². The highest BCUT2D eigenvalue weighted by Crippen LogP contribution is 2.18. The van der Waals surface area contributed by atoms with Crippen LogP contribution in [0, 0.1) is 0 Å². The third kappa shape index (κ3) is 4.54. The minimum Gasteiger partial charge on any atom is -0.354 e. The molecule has 0 unspecified atom stereocenters. The van der Waals surface area contributed by atoms with Crippen molar-refractivity contribution in [2.24, 2.45) is 7.05 Å². The number of benzene rings is 1. The van der Waals surface area contributed by atoms with Crippen molar-refractivity contribution in [1.29, 1.82) is 0 Å². The zero-order valence-corrected chi connectivity index (χ0v) is 15.9. The van der Waals surface area contributed by atoms with Crippen molar-refractivity contribution in [3.63, 3.8) is 0 Å². The van der Waals surface area contributed by atoms with Gasteiger partial charge in [-0.2, -0.15) is 0 Å². The molecule has 1 N–H and O–H groups in total. The second-order valence-corrected chi connectivity index (χ2v) is 6.92. The van der Waals surface area contributed by atoms with Gasteiger partial charge in [-0.15, -0.1) is 10.2 Å². The molecule has 0 aliphatic heterocycles. The molecular weight excluding hydrogens is 346 g/mol. The lowest BCUT2D eigenvalue weighted by molar-refractivity contribution is -0.118. The zero-order valence-electron chi connectivity index (χ0n) is 15.1. The Balaban J connectivity index is 1.56. The van der Waals surface area contributed by atoms with E-state index in [4.69, 9.17) is 0 Å². The number of aryl methyl sites for hydroxylation is 1. The van der Waals surface area contributed by atoms with Crippen LogP contribution in [0.25, 0.3) is 0 Å². The molecule has 136 valence electrons. The lowest BCUT2D eigenvalue weighted by Crippen LogP contribution is -2.24. The standard InChI is InChI=1S/C19H23N5OS/c1-3-24-17(12-16-10-7-11-23(16)2)21-22-19(24)26-14-18(25)20-13-15-8-5-4-6-9-15/h4-11H,3,12-14H2,1-2H3,(H,20,25). The number of aromatic nitrogens is 4. The predicted octanol–water partition coefficient (Wildman–Crippen LogP) is 2.64. The fourth-order valence-electron chi connectivity index (χ4n) is 2.69. The molecule has 2 aromatic heterocycles. The van der Waals surface area contributed by atoms with E-state index in [2.05, 4.69) is 37.6 Å². The van der Waals surface area contributed by atoms with Gasteiger partial charge in [-0.3, -0.25) is 4.79 Å². The van der Waals surface area contributed by atoms with Gasteiger partial charge in [0.1, 0.15) is 5.82 Å². The maximum atomic E-state index is 12.1. The van der Waals surface area contributed by atoms with Gasteiger partial charge in [0.2, 0.25) is 5.91 Å². The number of amides is 1. The maximum Gasteiger partial charge on any atom is 0.230 e. The summed E-state index contributed by atoms with van der Waals surface area (Å²) in [5.74, 6) is 1.24. The van der Waals surface area contributed by atoms with Crippen LogP contribution in [0.5, 0.6) is 0 Å². The minimum atomic E-state index is -0.00603. The van der Waals surface area contributed by atoms with E-state index in [1.54, 1.807) is 0 Å². The largest absolute Gasteiger partial charge is 0.354 e. The van der Waals surface area contributed by atoms with Crippen molar-refractivity contribution in [2.75, 3.05) is 5.75 Å². The van der Waals surface area contributed by atoms with Crippen molar-refractivity contribution < 1.29 is 4.79 Å². The molecular formula is C19H23N5OS. The number of carbonyl (C=O) groups is 1. The van der Waals surface area contributed by atoms with E-state index in [-0.39, 0.29) is 5.91 Å². The van der Waals surface area contributed by atoms with Crippen LogP contribution in [0.1, 0.15) is 24.0 Å². The lowest BCUT2D eigenvalue weighted by atomic mass is 10.2. The summed E-state index contributed by atoms with van der Waals surface area (Å²) in [5, 5.41) is 12.3. The van der Waals surface area contributed by atoms with Crippen LogP contribution in [-0.2, 0) is 31.4 Å². The Kier molecular flexibility index (Phi) is 6.12. The number of thioether (sulfide) groups is 1. The quantitative estimate of drug-likeness (QED) is 0.620. The molecule has 0 saturated heterocycles. The second-order valence-electron chi connectivity index (χ2n) is 5.98. The van der Waals surface area contributed by atoms with Crippen LogP contribution in [0.2, 0.25) is 0 Å². The Morgan fingerprint density at radius 3 is 2.65 bits per heavy atom. The molecule has 7 heteroatoms. The van der Waals surface area contributed by atoms with E-state index in [1.807, 2.05) is 49.6 Å². The molecule has 0 atom stereocenters. The smallest absolute Gasteiger partial charge is 0.230 e. The van der Waals surface area contributed by atoms with Crippen LogP contribution in [0.4, 0.5) is 0 Å². The molecule has 0 aliphatic rings. The number of nitrogens with one attached hydrogen (secondary N) is 1. The number of hydrogen-bond donors (Lipinski definition) is 1. The summed E-state index contributed by atoms with van der Waals surface area (Å²) >= 11 is 1.42. The van der Waals surface area contributed by atoms with Gasteiger partial charge in [0.25, 0.3) is 0 Å². The molecule has 3 rings (SSSR count). The highest BCUT2D eigenvalue weighted by molar-refractivity contribution is 7.99. The molecule has 0 spiro atoms. The summed E-state index contributed by atoms with van der Waals surface area (Å²) in [6, 6.07) is 14.0. The average molecular weight is 369 g/mol. The minimum absolute atomic E-state index is 0.00603. The molecule has 3 aromatic rings. The van der Waals surface area contributed by atoms with Gasteiger partial charge in [-0.25, -0.2) is 0 Å². The van der Waals surface area contributed by atoms with Crippen LogP contribution in [0.3, 0.4) is 0 Å². The molecule has 26 heavy (non-hydrogen) atoms. The van der Waals surface area contributed by atoms with Crippen molar-refractivity contribution in [3.8, 4) is 0 Å². The van der Waals surface area contributed by atoms with Crippen LogP contribution in [0.15, 0.2) is 53.8 Å². The Bertz CT molecular complexity index is 856. The van der Waals surface area contributed by atoms with Gasteiger partial charge >= 0.3 is 0 Å². The fourth-order valence-corrected chi connectivity index (χ4v) is 3.55. The molecule has 0 saturated carbocycles. The van der Waals surface area contributed by atoms with E-state index in [9.17, 15) is 4.79 Å². The van der Waals surface area contributed by atoms with Crippen LogP contribution < -0.4 is 5.32 Å². The van der Waals surface area contributed by atoms with Gasteiger partial charge in [0.05, 0.1) is 5.75 Å². The molecule has 1 amide bonds. The second kappa shape index (κ2) is 8.71. The van der Waals surface area contributed by atoms with Crippen molar-refractivity contribution >= 4 is 17.7 Å². The number of carbonyl (C=O) groups excluding carboxylic acids is 1. The molecule has 0 radical (unpaired) electrons. The first-order valence-corrected chi connectivity index (χ1v) is 9.61. The van der Waals surface area contributed by atoms with Gasteiger partial charge in [0, 0.05) is 38.4 Å². The highest BCUT2D eigenvalue weighted by atomic mass is 32.2. The van der Waals surface area contributed by atoms with E-state index >= 15 is 0 Å². The first kappa shape index (κ1) is 18.3. The normalized spacial score (nSPS) is 10.8. The van der Waals surface area contributed by atoms with Gasteiger partial charge in [-0.05, 0) is 24.6 Å². The highest BCUT2D eigenvalue weighted by Gasteiger charge is 2.14. The Morgan fingerprint density at radius 1 is 1.15 bits per heavy atom. The monoisotopic (exact) mass is 369 g/mol. The summed E-state index contributed by atoms with van der Waals surface area (Å²) in [6.07, 6.45) is 2.75. The van der Waals surface area contributed by atoms with E-state index < -0.39 is 0 Å². The zero-order chi connectivity index (χ0) is 18.4. The molecule has 1 aromatic carbocycles. The topological polar surface area (TPSA) is 64.7 Å². The van der Waals surface area contributed by atoms with E-state index in [0.29, 0.717) is 12.3 Å². The third-order valence-electron chi connectivity index (χ3n) is 4.17. The van der Waals surface area contributed by atoms with Crippen molar-refractivity contribution in [2.45, 2.75) is 31.6 Å². The lowest BCUT2D eigenvalue weighted by Gasteiger charge is -2.08. The molecule has 0 fully saturated rings. The van der Waals surface area contributed by atoms with Gasteiger partial charge in [0.15, 0.2) is 5.16 Å². The summed E-state index contributed by atoms with van der Waals surface area (Å²) in [7, 11) is 2.02. The summed E-state index contributed by atoms with van der Waals surface area (Å²) in [4.78, 5) is 12.1. The maximum absolute atomic E-state index is 12.1. The number of hydrogen-bond acceptors (Lipinski definition) is 4. The summed E-state index contributed by atoms with van der Waals surface area (Å²) < 4.78 is 4.15. The third-order valence-corrected chi connectivity index (χ3v) is 5.13. The molecule has 6 nitrogen and oxygen atoms in total. The van der Waals surface area contributed by atoms with Crippen LogP contribution >= 0.6 is 11.8 Å². The van der Waals surface area contributed by atoms with Crippen molar-refractivity contribution in [1.82, 2.24) is 24.6 Å². The van der Waals surface area contributed by atoms with E-state index in [1.165, 1.54) is 17.5 Å².